The van der Waals surface area contributed by atoms with Gasteiger partial charge in [0.2, 0.25) is 0 Å². The summed E-state index contributed by atoms with van der Waals surface area (Å²) in [6, 6.07) is 13.2. The second kappa shape index (κ2) is 5.65. The molecule has 104 valence electrons. The highest BCUT2D eigenvalue weighted by Crippen LogP contribution is 2.24. The van der Waals surface area contributed by atoms with Crippen LogP contribution in [0.3, 0.4) is 0 Å². The Balaban J connectivity index is 2.28. The van der Waals surface area contributed by atoms with Crippen LogP contribution in [0.1, 0.15) is 35.7 Å². The van der Waals surface area contributed by atoms with E-state index in [-0.39, 0.29) is 0 Å². The second-order valence-electron chi connectivity index (χ2n) is 5.07. The van der Waals surface area contributed by atoms with Gasteiger partial charge < -0.3 is 16.8 Å². The van der Waals surface area contributed by atoms with Crippen LogP contribution in [0, 0.1) is 0 Å². The highest BCUT2D eigenvalue weighted by Gasteiger charge is 2.09. The number of carbonyl (C=O) groups excluding carboxylic acids is 1. The van der Waals surface area contributed by atoms with Gasteiger partial charge in [0, 0.05) is 11.4 Å². The fourth-order valence-electron chi connectivity index (χ4n) is 1.98. The first-order valence-corrected chi connectivity index (χ1v) is 6.53. The molecule has 4 heteroatoms. The second-order valence-corrected chi connectivity index (χ2v) is 5.07. The Kier molecular flexibility index (Phi) is 3.94. The molecule has 0 aromatic heterocycles. The van der Waals surface area contributed by atoms with Gasteiger partial charge in [-0.15, -0.1) is 0 Å². The van der Waals surface area contributed by atoms with E-state index < -0.39 is 5.91 Å². The van der Waals surface area contributed by atoms with Crippen LogP contribution < -0.4 is 16.8 Å². The third kappa shape index (κ3) is 3.09. The lowest BCUT2D eigenvalue weighted by molar-refractivity contribution is 0.100. The summed E-state index contributed by atoms with van der Waals surface area (Å²) in [5.41, 5.74) is 14.8. The lowest BCUT2D eigenvalue weighted by atomic mass is 10.0. The predicted molar refractivity (Wildman–Crippen MR) is 83.2 cm³/mol. The molecule has 0 unspecified atom stereocenters. The van der Waals surface area contributed by atoms with Crippen LogP contribution in [0.4, 0.5) is 17.1 Å². The van der Waals surface area contributed by atoms with Gasteiger partial charge >= 0.3 is 0 Å². The number of primary amides is 1. The fourth-order valence-corrected chi connectivity index (χ4v) is 1.98. The summed E-state index contributed by atoms with van der Waals surface area (Å²) in [5.74, 6) is -0.0136. The molecule has 0 spiro atoms. The van der Waals surface area contributed by atoms with Crippen LogP contribution in [0.5, 0.6) is 0 Å². The molecule has 0 heterocycles. The standard InChI is InChI=1S/C16H19N3O/c1-10(2)11-3-6-13(7-4-11)19-15-8-5-12(17)9-14(15)16(18)20/h3-10,19H,17H2,1-2H3,(H2,18,20). The van der Waals surface area contributed by atoms with Gasteiger partial charge in [0.05, 0.1) is 11.3 Å². The highest BCUT2D eigenvalue weighted by atomic mass is 16.1. The molecule has 0 bridgehead atoms. The first-order valence-electron chi connectivity index (χ1n) is 6.53. The van der Waals surface area contributed by atoms with E-state index in [1.807, 2.05) is 12.1 Å². The summed E-state index contributed by atoms with van der Waals surface area (Å²) in [6.45, 7) is 4.29. The average molecular weight is 269 g/mol. The molecule has 1 amide bonds. The van der Waals surface area contributed by atoms with E-state index in [2.05, 4.69) is 31.3 Å². The van der Waals surface area contributed by atoms with Gasteiger partial charge in [0.15, 0.2) is 0 Å². The van der Waals surface area contributed by atoms with Gasteiger partial charge in [-0.05, 0) is 41.8 Å². The van der Waals surface area contributed by atoms with Gasteiger partial charge in [-0.3, -0.25) is 4.79 Å². The van der Waals surface area contributed by atoms with Crippen LogP contribution in [0.15, 0.2) is 42.5 Å². The van der Waals surface area contributed by atoms with Crippen molar-refractivity contribution in [2.24, 2.45) is 5.73 Å². The van der Waals surface area contributed by atoms with E-state index in [1.54, 1.807) is 18.2 Å². The number of amides is 1. The number of benzene rings is 2. The third-order valence-electron chi connectivity index (χ3n) is 3.17. The molecule has 0 aliphatic heterocycles. The number of nitrogens with two attached hydrogens (primary N) is 2. The summed E-state index contributed by atoms with van der Waals surface area (Å²) >= 11 is 0. The maximum Gasteiger partial charge on any atom is 0.250 e. The Morgan fingerprint density at radius 3 is 2.30 bits per heavy atom. The smallest absolute Gasteiger partial charge is 0.250 e. The van der Waals surface area contributed by atoms with Crippen molar-refractivity contribution in [3.8, 4) is 0 Å². The van der Waals surface area contributed by atoms with Crippen molar-refractivity contribution in [2.75, 3.05) is 11.1 Å². The molecule has 0 aliphatic rings. The Labute approximate surface area is 118 Å². The number of hydrogen-bond acceptors (Lipinski definition) is 3. The predicted octanol–water partition coefficient (Wildman–Crippen LogP) is 3.23. The number of anilines is 3. The molecule has 0 atom stereocenters. The first-order chi connectivity index (χ1) is 9.47. The Bertz CT molecular complexity index is 618. The number of nitrogens with one attached hydrogen (secondary N) is 1. The minimum atomic E-state index is -0.501. The van der Waals surface area contributed by atoms with E-state index in [4.69, 9.17) is 11.5 Å². The maximum atomic E-state index is 11.4. The zero-order valence-electron chi connectivity index (χ0n) is 11.7. The van der Waals surface area contributed by atoms with Gasteiger partial charge in [-0.25, -0.2) is 0 Å². The molecule has 0 radical (unpaired) electrons. The van der Waals surface area contributed by atoms with E-state index in [9.17, 15) is 4.79 Å². The highest BCUT2D eigenvalue weighted by molar-refractivity contribution is 6.00. The maximum absolute atomic E-state index is 11.4. The van der Waals surface area contributed by atoms with E-state index >= 15 is 0 Å². The number of nitrogen functional groups attached to an aromatic ring is 1. The quantitative estimate of drug-likeness (QED) is 0.745. The van der Waals surface area contributed by atoms with Crippen molar-refractivity contribution in [3.63, 3.8) is 0 Å². The zero-order valence-corrected chi connectivity index (χ0v) is 11.7. The molecule has 0 saturated heterocycles. The van der Waals surface area contributed by atoms with Crippen LogP contribution in [-0.2, 0) is 0 Å². The lowest BCUT2D eigenvalue weighted by Gasteiger charge is -2.12. The molecule has 0 aliphatic carbocycles. The van der Waals surface area contributed by atoms with Crippen LogP contribution >= 0.6 is 0 Å². The molecule has 2 aromatic rings. The third-order valence-corrected chi connectivity index (χ3v) is 3.17. The number of hydrogen-bond donors (Lipinski definition) is 3. The largest absolute Gasteiger partial charge is 0.399 e. The molecular formula is C16H19N3O. The van der Waals surface area contributed by atoms with Crippen LogP contribution in [-0.4, -0.2) is 5.91 Å². The summed E-state index contributed by atoms with van der Waals surface area (Å²) in [5, 5.41) is 3.19. The normalized spacial score (nSPS) is 10.6. The molecule has 2 rings (SSSR count). The van der Waals surface area contributed by atoms with Crippen molar-refractivity contribution < 1.29 is 4.79 Å². The van der Waals surface area contributed by atoms with Crippen molar-refractivity contribution in [1.29, 1.82) is 0 Å². The van der Waals surface area contributed by atoms with Gasteiger partial charge in [-0.1, -0.05) is 26.0 Å². The van der Waals surface area contributed by atoms with E-state index in [1.165, 1.54) is 5.56 Å². The van der Waals surface area contributed by atoms with Crippen molar-refractivity contribution >= 4 is 23.0 Å². The topological polar surface area (TPSA) is 81.1 Å². The molecule has 4 nitrogen and oxygen atoms in total. The van der Waals surface area contributed by atoms with E-state index in [0.29, 0.717) is 22.9 Å². The van der Waals surface area contributed by atoms with Crippen LogP contribution in [0.2, 0.25) is 0 Å². The number of carbonyl (C=O) groups is 1. The van der Waals surface area contributed by atoms with Gasteiger partial charge in [-0.2, -0.15) is 0 Å². The molecule has 2 aromatic carbocycles. The number of rotatable bonds is 4. The average Bonchev–Trinajstić information content (AvgIpc) is 2.41. The SMILES string of the molecule is CC(C)c1ccc(Nc2ccc(N)cc2C(N)=O)cc1. The Morgan fingerprint density at radius 1 is 1.10 bits per heavy atom. The summed E-state index contributed by atoms with van der Waals surface area (Å²) in [4.78, 5) is 11.4. The molecule has 0 saturated carbocycles. The minimum absolute atomic E-state index is 0.387. The van der Waals surface area contributed by atoms with Crippen molar-refractivity contribution in [3.05, 3.63) is 53.6 Å². The molecular weight excluding hydrogens is 250 g/mol. The van der Waals surface area contributed by atoms with Gasteiger partial charge in [0.1, 0.15) is 0 Å². The minimum Gasteiger partial charge on any atom is -0.399 e. The molecule has 0 fully saturated rings. The lowest BCUT2D eigenvalue weighted by Crippen LogP contribution is -2.13. The molecule has 20 heavy (non-hydrogen) atoms. The Morgan fingerprint density at radius 2 is 1.75 bits per heavy atom. The summed E-state index contributed by atoms with van der Waals surface area (Å²) in [6.07, 6.45) is 0. The first kappa shape index (κ1) is 13.9. The van der Waals surface area contributed by atoms with Crippen molar-refractivity contribution in [1.82, 2.24) is 0 Å². The monoisotopic (exact) mass is 269 g/mol. The zero-order chi connectivity index (χ0) is 14.7. The van der Waals surface area contributed by atoms with E-state index in [0.717, 1.165) is 5.69 Å². The van der Waals surface area contributed by atoms with Crippen LogP contribution in [0.25, 0.3) is 0 Å². The molecule has 5 N–H and O–H groups in total. The summed E-state index contributed by atoms with van der Waals surface area (Å²) < 4.78 is 0. The Hall–Kier alpha value is -2.49. The summed E-state index contributed by atoms with van der Waals surface area (Å²) in [7, 11) is 0. The fraction of sp³-hybridized carbons (Fsp3) is 0.188. The van der Waals surface area contributed by atoms with Gasteiger partial charge in [0.25, 0.3) is 5.91 Å². The van der Waals surface area contributed by atoms with Crippen molar-refractivity contribution in [2.45, 2.75) is 19.8 Å².